The number of fused-ring (bicyclic) bond motifs is 1. The average Bonchev–Trinajstić information content (AvgIpc) is 3.10. The predicted molar refractivity (Wildman–Crippen MR) is 193 cm³/mol. The molecule has 0 unspecified atom stereocenters. The molecule has 0 fully saturated rings. The van der Waals surface area contributed by atoms with Gasteiger partial charge in [0.2, 0.25) is 0 Å². The van der Waals surface area contributed by atoms with Crippen molar-refractivity contribution in [3.05, 3.63) is 65.7 Å². The molecule has 17 heteroatoms. The molecular formula is C34H40N6O10S. The third-order valence-corrected chi connectivity index (χ3v) is 8.63. The maximum absolute atomic E-state index is 11.5. The molecule has 0 radical (unpaired) electrons. The third kappa shape index (κ3) is 10.1. The van der Waals surface area contributed by atoms with E-state index < -0.39 is 39.1 Å². The first-order valence-corrected chi connectivity index (χ1v) is 17.3. The van der Waals surface area contributed by atoms with Crippen LogP contribution in [0, 0.1) is 0 Å². The summed E-state index contributed by atoms with van der Waals surface area (Å²) in [6, 6.07) is 12.5. The van der Waals surface area contributed by atoms with E-state index >= 15 is 0 Å². The Morgan fingerprint density at radius 1 is 0.745 bits per heavy atom. The number of aromatic carboxylic acids is 2. The molecule has 4 aromatic rings. The number of carbonyl (C=O) groups is 2. The molecule has 272 valence electrons. The van der Waals surface area contributed by atoms with Gasteiger partial charge in [-0.25, -0.2) is 9.59 Å². The number of phenols is 1. The second kappa shape index (κ2) is 17.6. The zero-order chi connectivity index (χ0) is 37.1. The Morgan fingerprint density at radius 3 is 1.86 bits per heavy atom. The number of rotatable bonds is 18. The monoisotopic (exact) mass is 724 g/mol. The van der Waals surface area contributed by atoms with E-state index in [1.807, 2.05) is 0 Å². The van der Waals surface area contributed by atoms with Gasteiger partial charge in [-0.2, -0.15) is 5.11 Å². The molecule has 0 aliphatic carbocycles. The SMILES string of the molecule is COc1cc(N=Nc2c(S(O)(O)O)cc3ccc(NCCCCCCCCN)cc3c2O)c(OC)cc1N=Nc1cc(C(=O)O)cc(C(=O)O)c1. The number of carboxylic acid groups (broad SMARTS) is 2. The number of methoxy groups -OCH3 is 2. The second-order valence-electron chi connectivity index (χ2n) is 11.3. The van der Waals surface area contributed by atoms with Crippen molar-refractivity contribution in [2.75, 3.05) is 32.6 Å². The van der Waals surface area contributed by atoms with Gasteiger partial charge in [-0.05, 0) is 61.2 Å². The molecule has 0 aromatic heterocycles. The number of phenolic OH excluding ortho intramolecular Hbond substituents is 1. The van der Waals surface area contributed by atoms with Crippen LogP contribution >= 0.6 is 10.9 Å². The molecule has 0 aliphatic rings. The molecule has 0 aliphatic heterocycles. The maximum Gasteiger partial charge on any atom is 0.335 e. The number of carboxylic acids is 2. The lowest BCUT2D eigenvalue weighted by Gasteiger charge is -2.22. The van der Waals surface area contributed by atoms with Gasteiger partial charge in [0.1, 0.15) is 39.4 Å². The highest BCUT2D eigenvalue weighted by Gasteiger charge is 2.26. The molecular weight excluding hydrogens is 684 g/mol. The Labute approximate surface area is 294 Å². The number of nitrogens with one attached hydrogen (secondary N) is 1. The minimum atomic E-state index is -4.37. The summed E-state index contributed by atoms with van der Waals surface area (Å²) in [7, 11) is -1.71. The van der Waals surface area contributed by atoms with Crippen LogP contribution in [0.15, 0.2) is 79.9 Å². The third-order valence-electron chi connectivity index (χ3n) is 7.73. The van der Waals surface area contributed by atoms with Crippen molar-refractivity contribution in [3.8, 4) is 17.2 Å². The zero-order valence-electron chi connectivity index (χ0n) is 27.9. The van der Waals surface area contributed by atoms with E-state index in [4.69, 9.17) is 15.2 Å². The number of hydrogen-bond donors (Lipinski definition) is 8. The number of ether oxygens (including phenoxy) is 2. The molecule has 4 rings (SSSR count). The largest absolute Gasteiger partial charge is 0.505 e. The number of benzene rings is 4. The highest BCUT2D eigenvalue weighted by Crippen LogP contribution is 2.54. The van der Waals surface area contributed by atoms with Crippen LogP contribution in [0.3, 0.4) is 0 Å². The first-order chi connectivity index (χ1) is 24.4. The number of aromatic hydroxyl groups is 1. The fourth-order valence-electron chi connectivity index (χ4n) is 5.12. The number of nitrogens with two attached hydrogens (primary N) is 1. The van der Waals surface area contributed by atoms with E-state index in [9.17, 15) is 38.6 Å². The van der Waals surface area contributed by atoms with Gasteiger partial charge >= 0.3 is 11.9 Å². The summed E-state index contributed by atoms with van der Waals surface area (Å²) < 4.78 is 41.6. The van der Waals surface area contributed by atoms with Crippen molar-refractivity contribution in [1.29, 1.82) is 0 Å². The van der Waals surface area contributed by atoms with Gasteiger partial charge in [0.05, 0.1) is 35.9 Å². The number of azo groups is 2. The van der Waals surface area contributed by atoms with E-state index in [0.717, 1.165) is 62.4 Å². The van der Waals surface area contributed by atoms with E-state index in [1.54, 1.807) is 18.2 Å². The Bertz CT molecular complexity index is 1920. The van der Waals surface area contributed by atoms with Crippen LogP contribution in [-0.4, -0.2) is 68.2 Å². The predicted octanol–water partition coefficient (Wildman–Crippen LogP) is 9.08. The molecule has 51 heavy (non-hydrogen) atoms. The van der Waals surface area contributed by atoms with Crippen LogP contribution in [0.2, 0.25) is 0 Å². The van der Waals surface area contributed by atoms with Gasteiger partial charge in [0.15, 0.2) is 5.75 Å². The lowest BCUT2D eigenvalue weighted by molar-refractivity contribution is 0.0696. The second-order valence-corrected chi connectivity index (χ2v) is 12.8. The van der Waals surface area contributed by atoms with Crippen LogP contribution in [0.4, 0.5) is 28.4 Å². The van der Waals surface area contributed by atoms with Crippen LogP contribution in [0.25, 0.3) is 10.8 Å². The molecule has 4 aromatic carbocycles. The number of hydrogen-bond acceptors (Lipinski definition) is 14. The van der Waals surface area contributed by atoms with E-state index in [-0.39, 0.29) is 39.7 Å². The van der Waals surface area contributed by atoms with Gasteiger partial charge in [-0.15, -0.1) is 15.3 Å². The zero-order valence-corrected chi connectivity index (χ0v) is 28.8. The standard InChI is InChI=1S/C34H40N6O10S/c1-49-28-19-27(29(50-2)18-26(28)38-37-24-14-21(33(42)43)13-22(15-24)34(44)45)39-40-31-30(51(46,47)48)16-20-9-10-23(17-25(20)32(31)41)36-12-8-6-4-3-5-7-11-35/h9-10,13-19,36,41,46-48H,3-8,11-12,35H2,1-2H3,(H,42,43)(H,44,45). The van der Waals surface area contributed by atoms with E-state index in [1.165, 1.54) is 32.4 Å². The van der Waals surface area contributed by atoms with Gasteiger partial charge in [0, 0.05) is 29.8 Å². The quantitative estimate of drug-likeness (QED) is 0.0353. The van der Waals surface area contributed by atoms with Crippen LogP contribution in [0.1, 0.15) is 59.2 Å². The molecule has 0 atom stereocenters. The highest BCUT2D eigenvalue weighted by molar-refractivity contribution is 8.19. The molecule has 0 saturated carbocycles. The first kappa shape index (κ1) is 38.5. The van der Waals surface area contributed by atoms with Gasteiger partial charge < -0.3 is 49.5 Å². The lowest BCUT2D eigenvalue weighted by atomic mass is 10.1. The van der Waals surface area contributed by atoms with Crippen molar-refractivity contribution in [1.82, 2.24) is 0 Å². The Kier molecular flexibility index (Phi) is 13.2. The Balaban J connectivity index is 1.65. The fraction of sp³-hybridized carbons (Fsp3) is 0.294. The Hall–Kier alpha value is -5.33. The highest BCUT2D eigenvalue weighted by atomic mass is 32.3. The van der Waals surface area contributed by atoms with Crippen LogP contribution < -0.4 is 20.5 Å². The van der Waals surface area contributed by atoms with Crippen molar-refractivity contribution in [3.63, 3.8) is 0 Å². The molecule has 9 N–H and O–H groups in total. The van der Waals surface area contributed by atoms with Gasteiger partial charge in [0.25, 0.3) is 0 Å². The van der Waals surface area contributed by atoms with Gasteiger partial charge in [-0.1, -0.05) is 31.7 Å². The van der Waals surface area contributed by atoms with Crippen molar-refractivity contribution >= 4 is 62.0 Å². The smallest absolute Gasteiger partial charge is 0.335 e. The number of unbranched alkanes of at least 4 members (excludes halogenated alkanes) is 5. The fourth-order valence-corrected chi connectivity index (χ4v) is 5.80. The molecule has 0 saturated heterocycles. The molecule has 16 nitrogen and oxygen atoms in total. The lowest BCUT2D eigenvalue weighted by Crippen LogP contribution is -2.02. The average molecular weight is 725 g/mol. The van der Waals surface area contributed by atoms with Crippen LogP contribution in [0.5, 0.6) is 17.2 Å². The topological polar surface area (TPSA) is 261 Å². The van der Waals surface area contributed by atoms with E-state index in [0.29, 0.717) is 23.9 Å². The minimum Gasteiger partial charge on any atom is -0.505 e. The summed E-state index contributed by atoms with van der Waals surface area (Å²) in [5, 5.41) is 50.4. The summed E-state index contributed by atoms with van der Waals surface area (Å²) in [5.41, 5.74) is 5.37. The van der Waals surface area contributed by atoms with Crippen molar-refractivity contribution in [2.45, 2.75) is 43.4 Å². The van der Waals surface area contributed by atoms with Gasteiger partial charge in [-0.3, -0.25) is 0 Å². The molecule has 0 bridgehead atoms. The molecule has 0 heterocycles. The summed E-state index contributed by atoms with van der Waals surface area (Å²) in [6.45, 7) is 1.42. The summed E-state index contributed by atoms with van der Waals surface area (Å²) in [5.74, 6) is -2.96. The normalized spacial score (nSPS) is 12.1. The van der Waals surface area contributed by atoms with Crippen molar-refractivity contribution in [2.24, 2.45) is 26.2 Å². The maximum atomic E-state index is 11.5. The van der Waals surface area contributed by atoms with Crippen molar-refractivity contribution < 1.29 is 48.0 Å². The van der Waals surface area contributed by atoms with Crippen LogP contribution in [-0.2, 0) is 0 Å². The molecule has 0 amide bonds. The summed E-state index contributed by atoms with van der Waals surface area (Å²) in [4.78, 5) is 22.5. The number of nitrogens with zero attached hydrogens (tertiary/aromatic N) is 4. The first-order valence-electron chi connectivity index (χ1n) is 15.8. The summed E-state index contributed by atoms with van der Waals surface area (Å²) >= 11 is 0. The summed E-state index contributed by atoms with van der Waals surface area (Å²) in [6.07, 6.45) is 6.42. The molecule has 0 spiro atoms. The Morgan fingerprint density at radius 2 is 1.31 bits per heavy atom. The van der Waals surface area contributed by atoms with E-state index in [2.05, 4.69) is 25.8 Å². The minimum absolute atomic E-state index is 0.0487. The number of anilines is 1.